The zero-order valence-electron chi connectivity index (χ0n) is 15.7. The number of Topliss-reactive ketones (excluding diaryl/α,β-unsaturated/α-hetero) is 1. The van der Waals surface area contributed by atoms with Crippen molar-refractivity contribution in [1.29, 1.82) is 0 Å². The number of hydrogen-bond donors (Lipinski definition) is 0. The first-order valence-electron chi connectivity index (χ1n) is 9.55. The van der Waals surface area contributed by atoms with Crippen LogP contribution in [0.5, 0.6) is 5.75 Å². The number of ether oxygens (including phenoxy) is 1. The molecule has 1 saturated heterocycles. The number of carbonyl (C=O) groups excluding carboxylic acids is 2. The SMILES string of the molecule is CC(C)c1cc(C(=O)N2CCCC3(CC2)CC(=O)c2ccccc2O3)no1. The van der Waals surface area contributed by atoms with Crippen LogP contribution in [0.25, 0.3) is 0 Å². The molecule has 1 amide bonds. The third kappa shape index (κ3) is 3.36. The predicted octanol–water partition coefficient (Wildman–Crippen LogP) is 3.83. The average Bonchev–Trinajstić information content (AvgIpc) is 3.06. The van der Waals surface area contributed by atoms with Gasteiger partial charge in [0, 0.05) is 31.5 Å². The Morgan fingerprint density at radius 2 is 2.04 bits per heavy atom. The van der Waals surface area contributed by atoms with Crippen molar-refractivity contribution in [3.63, 3.8) is 0 Å². The molecule has 0 bridgehead atoms. The highest BCUT2D eigenvalue weighted by atomic mass is 16.5. The lowest BCUT2D eigenvalue weighted by Gasteiger charge is -2.37. The Morgan fingerprint density at radius 3 is 2.81 bits per heavy atom. The fourth-order valence-corrected chi connectivity index (χ4v) is 3.92. The largest absolute Gasteiger partial charge is 0.486 e. The van der Waals surface area contributed by atoms with Gasteiger partial charge in [0.25, 0.3) is 5.91 Å². The summed E-state index contributed by atoms with van der Waals surface area (Å²) in [6.07, 6.45) is 2.55. The summed E-state index contributed by atoms with van der Waals surface area (Å²) < 4.78 is 11.6. The van der Waals surface area contributed by atoms with Gasteiger partial charge in [-0.05, 0) is 25.0 Å². The highest BCUT2D eigenvalue weighted by molar-refractivity contribution is 6.00. The minimum absolute atomic E-state index is 0.120. The quantitative estimate of drug-likeness (QED) is 0.805. The molecule has 2 aliphatic rings. The van der Waals surface area contributed by atoms with Crippen molar-refractivity contribution >= 4 is 11.7 Å². The Morgan fingerprint density at radius 1 is 1.22 bits per heavy atom. The van der Waals surface area contributed by atoms with E-state index in [0.29, 0.717) is 48.7 Å². The molecule has 6 nitrogen and oxygen atoms in total. The monoisotopic (exact) mass is 368 g/mol. The number of benzene rings is 1. The summed E-state index contributed by atoms with van der Waals surface area (Å²) in [4.78, 5) is 27.2. The van der Waals surface area contributed by atoms with Gasteiger partial charge in [-0.3, -0.25) is 9.59 Å². The summed E-state index contributed by atoms with van der Waals surface area (Å²) >= 11 is 0. The van der Waals surface area contributed by atoms with E-state index in [1.165, 1.54) is 0 Å². The van der Waals surface area contributed by atoms with Gasteiger partial charge in [-0.1, -0.05) is 31.1 Å². The van der Waals surface area contributed by atoms with Crippen LogP contribution in [0.3, 0.4) is 0 Å². The molecule has 1 atom stereocenters. The third-order valence-electron chi connectivity index (χ3n) is 5.50. The smallest absolute Gasteiger partial charge is 0.276 e. The normalized spacial score (nSPS) is 22.5. The molecule has 0 aliphatic carbocycles. The van der Waals surface area contributed by atoms with Crippen LogP contribution in [0.4, 0.5) is 0 Å². The molecule has 0 saturated carbocycles. The second-order valence-corrected chi connectivity index (χ2v) is 7.80. The molecule has 2 aliphatic heterocycles. The van der Waals surface area contributed by atoms with Gasteiger partial charge in [-0.15, -0.1) is 0 Å². The number of nitrogens with zero attached hydrogens (tertiary/aromatic N) is 2. The molecule has 142 valence electrons. The van der Waals surface area contributed by atoms with Crippen LogP contribution < -0.4 is 4.74 Å². The van der Waals surface area contributed by atoms with Crippen molar-refractivity contribution in [1.82, 2.24) is 10.1 Å². The molecule has 1 aromatic heterocycles. The van der Waals surface area contributed by atoms with Crippen LogP contribution in [-0.4, -0.2) is 40.4 Å². The maximum atomic E-state index is 12.8. The van der Waals surface area contributed by atoms with Crippen molar-refractivity contribution in [3.05, 3.63) is 47.3 Å². The molecule has 2 aromatic rings. The van der Waals surface area contributed by atoms with E-state index in [4.69, 9.17) is 9.26 Å². The van der Waals surface area contributed by atoms with Crippen LogP contribution in [0.1, 0.15) is 72.1 Å². The van der Waals surface area contributed by atoms with E-state index in [2.05, 4.69) is 5.16 Å². The molecular weight excluding hydrogens is 344 g/mol. The maximum absolute atomic E-state index is 12.8. The predicted molar refractivity (Wildman–Crippen MR) is 99.1 cm³/mol. The number of likely N-dealkylation sites (tertiary alicyclic amines) is 1. The van der Waals surface area contributed by atoms with Crippen LogP contribution in [-0.2, 0) is 0 Å². The lowest BCUT2D eigenvalue weighted by molar-refractivity contribution is 0.0300. The van der Waals surface area contributed by atoms with Gasteiger partial charge in [-0.2, -0.15) is 0 Å². The van der Waals surface area contributed by atoms with Crippen molar-refractivity contribution in [3.8, 4) is 5.75 Å². The summed E-state index contributed by atoms with van der Waals surface area (Å²) in [5.74, 6) is 1.56. The lowest BCUT2D eigenvalue weighted by atomic mass is 9.84. The molecule has 1 unspecified atom stereocenters. The zero-order valence-corrected chi connectivity index (χ0v) is 15.7. The summed E-state index contributed by atoms with van der Waals surface area (Å²) in [6.45, 7) is 5.17. The number of fused-ring (bicyclic) bond motifs is 1. The minimum atomic E-state index is -0.520. The summed E-state index contributed by atoms with van der Waals surface area (Å²) in [5.41, 5.74) is 0.484. The standard InChI is InChI=1S/C21H24N2O4/c1-14(2)19-12-16(22-27-19)20(25)23-10-5-8-21(9-11-23)13-17(24)15-6-3-4-7-18(15)26-21/h3-4,6-7,12,14H,5,8-11,13H2,1-2H3. The molecule has 1 fully saturated rings. The van der Waals surface area contributed by atoms with E-state index < -0.39 is 5.60 Å². The van der Waals surface area contributed by atoms with Crippen LogP contribution >= 0.6 is 0 Å². The van der Waals surface area contributed by atoms with Crippen LogP contribution in [0, 0.1) is 0 Å². The lowest BCUT2D eigenvalue weighted by Crippen LogP contribution is -2.43. The fraction of sp³-hybridized carbons (Fsp3) is 0.476. The number of hydrogen-bond acceptors (Lipinski definition) is 5. The van der Waals surface area contributed by atoms with Crippen molar-refractivity contribution in [2.75, 3.05) is 13.1 Å². The van der Waals surface area contributed by atoms with Crippen molar-refractivity contribution in [2.24, 2.45) is 0 Å². The molecule has 4 rings (SSSR count). The zero-order chi connectivity index (χ0) is 19.0. The first-order valence-corrected chi connectivity index (χ1v) is 9.55. The number of amides is 1. The first-order chi connectivity index (χ1) is 13.0. The van der Waals surface area contributed by atoms with E-state index in [9.17, 15) is 9.59 Å². The van der Waals surface area contributed by atoms with E-state index in [1.807, 2.05) is 38.1 Å². The van der Waals surface area contributed by atoms with Gasteiger partial charge < -0.3 is 14.2 Å². The highest BCUT2D eigenvalue weighted by Gasteiger charge is 2.42. The van der Waals surface area contributed by atoms with Crippen LogP contribution in [0.2, 0.25) is 0 Å². The molecule has 27 heavy (non-hydrogen) atoms. The topological polar surface area (TPSA) is 72.6 Å². The van der Waals surface area contributed by atoms with Gasteiger partial charge in [0.1, 0.15) is 17.1 Å². The third-order valence-corrected chi connectivity index (χ3v) is 5.50. The number of aromatic nitrogens is 1. The molecule has 0 N–H and O–H groups in total. The molecule has 3 heterocycles. The number of ketones is 1. The van der Waals surface area contributed by atoms with E-state index >= 15 is 0 Å². The summed E-state index contributed by atoms with van der Waals surface area (Å²) in [5, 5.41) is 3.94. The van der Waals surface area contributed by atoms with Gasteiger partial charge in [0.05, 0.1) is 12.0 Å². The van der Waals surface area contributed by atoms with E-state index in [1.54, 1.807) is 11.0 Å². The Hall–Kier alpha value is -2.63. The molecule has 0 radical (unpaired) electrons. The highest BCUT2D eigenvalue weighted by Crippen LogP contribution is 2.39. The Labute approximate surface area is 158 Å². The fourth-order valence-electron chi connectivity index (χ4n) is 3.92. The second-order valence-electron chi connectivity index (χ2n) is 7.80. The maximum Gasteiger partial charge on any atom is 0.276 e. The molecule has 1 aromatic carbocycles. The Kier molecular flexibility index (Phi) is 4.50. The van der Waals surface area contributed by atoms with Gasteiger partial charge in [0.15, 0.2) is 11.5 Å². The summed E-state index contributed by atoms with van der Waals surface area (Å²) in [7, 11) is 0. The van der Waals surface area contributed by atoms with Gasteiger partial charge in [0.2, 0.25) is 0 Å². The number of para-hydroxylation sites is 1. The van der Waals surface area contributed by atoms with Crippen LogP contribution in [0.15, 0.2) is 34.9 Å². The molecule has 1 spiro atoms. The molecular formula is C21H24N2O4. The molecule has 6 heteroatoms. The summed E-state index contributed by atoms with van der Waals surface area (Å²) in [6, 6.07) is 9.13. The second kappa shape index (κ2) is 6.83. The Balaban J connectivity index is 1.49. The average molecular weight is 368 g/mol. The van der Waals surface area contributed by atoms with E-state index in [0.717, 1.165) is 12.8 Å². The number of rotatable bonds is 2. The first kappa shape index (κ1) is 17.8. The van der Waals surface area contributed by atoms with E-state index in [-0.39, 0.29) is 17.6 Å². The minimum Gasteiger partial charge on any atom is -0.486 e. The Bertz CT molecular complexity index is 873. The van der Waals surface area contributed by atoms with Gasteiger partial charge >= 0.3 is 0 Å². The van der Waals surface area contributed by atoms with Crippen molar-refractivity contribution in [2.45, 2.75) is 51.0 Å². The number of carbonyl (C=O) groups is 2. The van der Waals surface area contributed by atoms with Crippen molar-refractivity contribution < 1.29 is 18.8 Å². The van der Waals surface area contributed by atoms with Gasteiger partial charge in [-0.25, -0.2) is 0 Å².